The van der Waals surface area contributed by atoms with Gasteiger partial charge in [-0.25, -0.2) is 0 Å². The lowest BCUT2D eigenvalue weighted by molar-refractivity contribution is 0.632. The summed E-state index contributed by atoms with van der Waals surface area (Å²) in [6.07, 6.45) is 3.81. The topological polar surface area (TPSA) is 0 Å². The van der Waals surface area contributed by atoms with Crippen molar-refractivity contribution in [2.24, 2.45) is 0 Å². The van der Waals surface area contributed by atoms with Crippen molar-refractivity contribution in [1.29, 1.82) is 0 Å². The molecule has 0 aromatic heterocycles. The third-order valence-electron chi connectivity index (χ3n) is 9.44. The summed E-state index contributed by atoms with van der Waals surface area (Å²) in [5, 5.41) is 16.8. The molecule has 174 valence electrons. The van der Waals surface area contributed by atoms with Crippen LogP contribution in [-0.4, -0.2) is 0 Å². The molecule has 1 aliphatic rings. The molecule has 0 heteroatoms. The van der Waals surface area contributed by atoms with E-state index in [0.717, 1.165) is 0 Å². The van der Waals surface area contributed by atoms with Gasteiger partial charge < -0.3 is 0 Å². The van der Waals surface area contributed by atoms with E-state index in [1.54, 1.807) is 11.1 Å². The van der Waals surface area contributed by atoms with Gasteiger partial charge in [0.25, 0.3) is 0 Å². The van der Waals surface area contributed by atoms with Crippen LogP contribution in [0.5, 0.6) is 0 Å². The lowest BCUT2D eigenvalue weighted by Gasteiger charge is -2.25. The van der Waals surface area contributed by atoms with E-state index >= 15 is 0 Å². The Labute approximate surface area is 215 Å². The van der Waals surface area contributed by atoms with Crippen LogP contribution in [-0.2, 0) is 0 Å². The average molecular weight is 471 g/mol. The molecule has 37 heavy (non-hydrogen) atoms. The van der Waals surface area contributed by atoms with Crippen molar-refractivity contribution < 1.29 is 0 Å². The quantitative estimate of drug-likeness (QED) is 0.220. The van der Waals surface area contributed by atoms with Crippen molar-refractivity contribution in [3.05, 3.63) is 120 Å². The van der Waals surface area contributed by atoms with Gasteiger partial charge in [0.15, 0.2) is 0 Å². The molecule has 0 N–H and O–H groups in total. The van der Waals surface area contributed by atoms with Crippen molar-refractivity contribution in [1.82, 2.24) is 0 Å². The fraction of sp³-hybridized carbons (Fsp3) is 0.135. The van der Waals surface area contributed by atoms with Gasteiger partial charge in [-0.1, -0.05) is 116 Å². The van der Waals surface area contributed by atoms with Crippen LogP contribution < -0.4 is 0 Å². The Morgan fingerprint density at radius 1 is 0.351 bits per heavy atom. The van der Waals surface area contributed by atoms with Gasteiger partial charge in [0.2, 0.25) is 0 Å². The zero-order chi connectivity index (χ0) is 24.1. The lowest BCUT2D eigenvalue weighted by Crippen LogP contribution is -2.07. The van der Waals surface area contributed by atoms with Gasteiger partial charge in [-0.3, -0.25) is 0 Å². The van der Waals surface area contributed by atoms with E-state index < -0.39 is 0 Å². The fourth-order valence-corrected chi connectivity index (χ4v) is 7.87. The smallest absolute Gasteiger partial charge is 0.00239 e. The van der Waals surface area contributed by atoms with E-state index in [9.17, 15) is 0 Å². The Morgan fingerprint density at radius 2 is 0.703 bits per heavy atom. The van der Waals surface area contributed by atoms with E-state index in [-0.39, 0.29) is 0 Å². The molecule has 2 unspecified atom stereocenters. The maximum Gasteiger partial charge on any atom is -0.00239 e. The molecule has 0 aliphatic heterocycles. The minimum Gasteiger partial charge on any atom is -0.0610 e. The van der Waals surface area contributed by atoms with Crippen molar-refractivity contribution >= 4 is 64.6 Å². The standard InChI is InChI=1S/C37H26/c1-4-22-10-12-26-14-18-30(32-20-16-24(6-1)34(22)36(26)32)28-8-3-9-29(28)31-19-15-27-13-11-23-5-2-7-25-17-21-33(31)37(27)35(23)25/h1-2,4-7,10-21,28-29H,3,8-9H2. The van der Waals surface area contributed by atoms with Crippen LogP contribution in [0, 0.1) is 0 Å². The van der Waals surface area contributed by atoms with Gasteiger partial charge in [-0.05, 0) is 100 Å². The molecule has 8 aromatic rings. The Balaban J connectivity index is 1.29. The molecule has 1 saturated carbocycles. The molecule has 0 saturated heterocycles. The highest BCUT2D eigenvalue weighted by Gasteiger charge is 2.32. The summed E-state index contributed by atoms with van der Waals surface area (Å²) in [5.74, 6) is 1.09. The molecule has 9 rings (SSSR count). The third kappa shape index (κ3) is 2.63. The summed E-state index contributed by atoms with van der Waals surface area (Å²) in [6, 6.07) is 41.7. The van der Waals surface area contributed by atoms with Gasteiger partial charge in [0.05, 0.1) is 0 Å². The third-order valence-corrected chi connectivity index (χ3v) is 9.44. The van der Waals surface area contributed by atoms with E-state index in [0.29, 0.717) is 11.8 Å². The van der Waals surface area contributed by atoms with Crippen molar-refractivity contribution in [3.8, 4) is 0 Å². The van der Waals surface area contributed by atoms with Crippen molar-refractivity contribution in [3.63, 3.8) is 0 Å². The second kappa shape index (κ2) is 7.20. The van der Waals surface area contributed by atoms with Crippen molar-refractivity contribution in [2.75, 3.05) is 0 Å². The molecule has 0 nitrogen and oxygen atoms in total. The van der Waals surface area contributed by atoms with Crippen LogP contribution in [0.2, 0.25) is 0 Å². The van der Waals surface area contributed by atoms with Gasteiger partial charge in [0.1, 0.15) is 0 Å². The number of hydrogen-bond acceptors (Lipinski definition) is 0. The van der Waals surface area contributed by atoms with Gasteiger partial charge in [0, 0.05) is 0 Å². The highest BCUT2D eigenvalue weighted by molar-refractivity contribution is 6.24. The SMILES string of the molecule is c1cc2ccc3ccc(C4CCCC4c4ccc5ccc6cccc7ccc4c5c67)c4ccc(c1)c2c34. The van der Waals surface area contributed by atoms with Crippen LogP contribution >= 0.6 is 0 Å². The monoisotopic (exact) mass is 470 g/mol. The van der Waals surface area contributed by atoms with Crippen molar-refractivity contribution in [2.45, 2.75) is 31.1 Å². The Bertz CT molecular complexity index is 1940. The summed E-state index contributed by atoms with van der Waals surface area (Å²) < 4.78 is 0. The minimum absolute atomic E-state index is 0.544. The van der Waals surface area contributed by atoms with Crippen LogP contribution in [0.25, 0.3) is 64.6 Å². The number of rotatable bonds is 2. The van der Waals surface area contributed by atoms with E-state index in [1.807, 2.05) is 0 Å². The first-order valence-electron chi connectivity index (χ1n) is 13.7. The van der Waals surface area contributed by atoms with Gasteiger partial charge in [-0.15, -0.1) is 0 Å². The molecule has 2 atom stereocenters. The predicted octanol–water partition coefficient (Wildman–Crippen LogP) is 10.5. The fourth-order valence-electron chi connectivity index (χ4n) is 7.87. The molecule has 1 aliphatic carbocycles. The van der Waals surface area contributed by atoms with Crippen LogP contribution in [0.1, 0.15) is 42.2 Å². The molecular formula is C37H26. The lowest BCUT2D eigenvalue weighted by atomic mass is 9.78. The Hall–Kier alpha value is -4.16. The second-order valence-electron chi connectivity index (χ2n) is 11.2. The molecule has 0 radical (unpaired) electrons. The first-order chi connectivity index (χ1) is 18.3. The summed E-state index contributed by atoms with van der Waals surface area (Å²) in [7, 11) is 0. The Kier molecular flexibility index (Phi) is 3.89. The summed E-state index contributed by atoms with van der Waals surface area (Å²) >= 11 is 0. The highest BCUT2D eigenvalue weighted by atomic mass is 14.4. The van der Waals surface area contributed by atoms with Gasteiger partial charge in [-0.2, -0.15) is 0 Å². The van der Waals surface area contributed by atoms with Crippen LogP contribution in [0.4, 0.5) is 0 Å². The average Bonchev–Trinajstić information content (AvgIpc) is 3.44. The van der Waals surface area contributed by atoms with E-state index in [4.69, 9.17) is 0 Å². The molecule has 0 spiro atoms. The predicted molar refractivity (Wildman–Crippen MR) is 160 cm³/mol. The van der Waals surface area contributed by atoms with E-state index in [1.165, 1.54) is 83.9 Å². The first kappa shape index (κ1) is 20.0. The van der Waals surface area contributed by atoms with Gasteiger partial charge >= 0.3 is 0 Å². The first-order valence-corrected chi connectivity index (χ1v) is 13.7. The number of hydrogen-bond donors (Lipinski definition) is 0. The normalized spacial score (nSPS) is 18.5. The van der Waals surface area contributed by atoms with Crippen LogP contribution in [0.3, 0.4) is 0 Å². The molecule has 0 amide bonds. The maximum atomic E-state index is 2.45. The largest absolute Gasteiger partial charge is 0.0610 e. The van der Waals surface area contributed by atoms with Crippen LogP contribution in [0.15, 0.2) is 109 Å². The summed E-state index contributed by atoms with van der Waals surface area (Å²) in [4.78, 5) is 0. The highest BCUT2D eigenvalue weighted by Crippen LogP contribution is 2.51. The minimum atomic E-state index is 0.544. The summed E-state index contributed by atoms with van der Waals surface area (Å²) in [5.41, 5.74) is 3.08. The molecular weight excluding hydrogens is 444 g/mol. The molecule has 0 heterocycles. The second-order valence-corrected chi connectivity index (χ2v) is 11.2. The maximum absolute atomic E-state index is 2.45. The van der Waals surface area contributed by atoms with E-state index in [2.05, 4.69) is 109 Å². The summed E-state index contributed by atoms with van der Waals surface area (Å²) in [6.45, 7) is 0. The molecule has 1 fully saturated rings. The Morgan fingerprint density at radius 3 is 1.14 bits per heavy atom. The molecule has 0 bridgehead atoms. The molecule has 8 aromatic carbocycles. The number of benzene rings is 8. The zero-order valence-corrected chi connectivity index (χ0v) is 20.7. The zero-order valence-electron chi connectivity index (χ0n) is 20.7.